The molecule has 6 heteroatoms. The Morgan fingerprint density at radius 3 is 2.09 bits per heavy atom. The summed E-state index contributed by atoms with van der Waals surface area (Å²) in [6.45, 7) is 15.1. The Labute approximate surface area is 198 Å². The van der Waals surface area contributed by atoms with Gasteiger partial charge in [0.25, 0.3) is 0 Å². The highest BCUT2D eigenvalue weighted by atomic mass is 16.7. The molecular formula is C27H36BNO4. The van der Waals surface area contributed by atoms with Gasteiger partial charge in [0.1, 0.15) is 6.61 Å². The van der Waals surface area contributed by atoms with Gasteiger partial charge >= 0.3 is 13.2 Å². The van der Waals surface area contributed by atoms with E-state index in [0.717, 1.165) is 16.6 Å². The summed E-state index contributed by atoms with van der Waals surface area (Å²) >= 11 is 0. The normalized spacial score (nSPS) is 17.7. The van der Waals surface area contributed by atoms with Crippen LogP contribution in [0.5, 0.6) is 0 Å². The standard InChI is InChI=1S/C27H36BNO4/c1-25(2,3)22-15-13-20(14-16-22)17-23(28-32-26(4,5)27(6,7)33-28)18-29-24(30)31-19-21-11-9-8-10-12-21/h8-17H,18-19H2,1-7H3,(H,29,30). The van der Waals surface area contributed by atoms with Crippen molar-refractivity contribution in [3.8, 4) is 0 Å². The lowest BCUT2D eigenvalue weighted by Crippen LogP contribution is -2.41. The molecule has 176 valence electrons. The van der Waals surface area contributed by atoms with Crippen LogP contribution in [0.25, 0.3) is 6.08 Å². The SMILES string of the molecule is CC(C)(C)c1ccc(C=C(CNC(=O)OCc2ccccc2)B2OC(C)(C)C(C)(C)O2)cc1. The first-order chi connectivity index (χ1) is 15.4. The molecule has 33 heavy (non-hydrogen) atoms. The van der Waals surface area contributed by atoms with Gasteiger partial charge < -0.3 is 19.4 Å². The smallest absolute Gasteiger partial charge is 0.445 e. The summed E-state index contributed by atoms with van der Waals surface area (Å²) in [5, 5.41) is 2.85. The zero-order valence-electron chi connectivity index (χ0n) is 20.9. The highest BCUT2D eigenvalue weighted by Crippen LogP contribution is 2.38. The van der Waals surface area contributed by atoms with E-state index in [9.17, 15) is 4.79 Å². The quantitative estimate of drug-likeness (QED) is 0.556. The molecule has 5 nitrogen and oxygen atoms in total. The van der Waals surface area contributed by atoms with Crippen LogP contribution in [-0.2, 0) is 26.1 Å². The lowest BCUT2D eigenvalue weighted by atomic mass is 9.76. The van der Waals surface area contributed by atoms with Gasteiger partial charge in [0, 0.05) is 6.54 Å². The number of nitrogens with one attached hydrogen (secondary N) is 1. The van der Waals surface area contributed by atoms with Crippen molar-refractivity contribution >= 4 is 19.3 Å². The molecule has 0 bridgehead atoms. The number of alkyl carbamates (subject to hydrolysis) is 1. The molecule has 1 aliphatic rings. The summed E-state index contributed by atoms with van der Waals surface area (Å²) in [4.78, 5) is 12.4. The number of hydrogen-bond donors (Lipinski definition) is 1. The summed E-state index contributed by atoms with van der Waals surface area (Å²) in [7, 11) is -0.563. The van der Waals surface area contributed by atoms with Crippen molar-refractivity contribution in [2.24, 2.45) is 0 Å². The van der Waals surface area contributed by atoms with E-state index in [1.807, 2.05) is 64.1 Å². The number of hydrogen-bond acceptors (Lipinski definition) is 4. The molecule has 1 heterocycles. The van der Waals surface area contributed by atoms with Gasteiger partial charge in [-0.3, -0.25) is 0 Å². The molecule has 1 fully saturated rings. The van der Waals surface area contributed by atoms with Gasteiger partial charge in [-0.25, -0.2) is 4.79 Å². The Hall–Kier alpha value is -2.57. The van der Waals surface area contributed by atoms with E-state index in [0.29, 0.717) is 0 Å². The first-order valence-corrected chi connectivity index (χ1v) is 11.5. The summed E-state index contributed by atoms with van der Waals surface area (Å²) in [5.74, 6) is 0. The van der Waals surface area contributed by atoms with Crippen LogP contribution >= 0.6 is 0 Å². The Kier molecular flexibility index (Phi) is 7.40. The molecule has 0 atom stereocenters. The topological polar surface area (TPSA) is 56.8 Å². The Balaban J connectivity index is 1.74. The number of carbonyl (C=O) groups excluding carboxylic acids is 1. The molecule has 3 rings (SSSR count). The molecule has 0 spiro atoms. The van der Waals surface area contributed by atoms with Crippen molar-refractivity contribution < 1.29 is 18.8 Å². The third kappa shape index (κ3) is 6.49. The average molecular weight is 449 g/mol. The second-order valence-corrected chi connectivity index (χ2v) is 10.6. The fourth-order valence-corrected chi connectivity index (χ4v) is 3.44. The summed E-state index contributed by atoms with van der Waals surface area (Å²) in [6, 6.07) is 18.0. The molecule has 0 aromatic heterocycles. The fraction of sp³-hybridized carbons (Fsp3) is 0.444. The molecule has 1 N–H and O–H groups in total. The molecular weight excluding hydrogens is 413 g/mol. The maximum Gasteiger partial charge on any atom is 0.492 e. The Morgan fingerprint density at radius 1 is 0.970 bits per heavy atom. The summed E-state index contributed by atoms with van der Waals surface area (Å²) in [6.07, 6.45) is 1.54. The number of ether oxygens (including phenoxy) is 1. The fourth-order valence-electron chi connectivity index (χ4n) is 3.44. The van der Waals surface area contributed by atoms with E-state index in [2.05, 4.69) is 50.4 Å². The van der Waals surface area contributed by atoms with Crippen molar-refractivity contribution in [2.45, 2.75) is 71.7 Å². The third-order valence-corrected chi connectivity index (χ3v) is 6.33. The van der Waals surface area contributed by atoms with Crippen molar-refractivity contribution in [1.29, 1.82) is 0 Å². The van der Waals surface area contributed by atoms with Crippen molar-refractivity contribution in [2.75, 3.05) is 6.54 Å². The zero-order valence-corrected chi connectivity index (χ0v) is 20.9. The highest BCUT2D eigenvalue weighted by molar-refractivity contribution is 6.56. The van der Waals surface area contributed by atoms with Crippen LogP contribution in [-0.4, -0.2) is 31.0 Å². The van der Waals surface area contributed by atoms with Gasteiger partial charge in [-0.2, -0.15) is 0 Å². The second kappa shape index (κ2) is 9.74. The molecule has 0 radical (unpaired) electrons. The van der Waals surface area contributed by atoms with E-state index in [4.69, 9.17) is 14.0 Å². The van der Waals surface area contributed by atoms with E-state index >= 15 is 0 Å². The van der Waals surface area contributed by atoms with Crippen LogP contribution in [0, 0.1) is 0 Å². The predicted octanol–water partition coefficient (Wildman–Crippen LogP) is 5.93. The van der Waals surface area contributed by atoms with Gasteiger partial charge in [0.05, 0.1) is 11.2 Å². The van der Waals surface area contributed by atoms with Crippen molar-refractivity contribution in [1.82, 2.24) is 5.32 Å². The predicted molar refractivity (Wildman–Crippen MR) is 134 cm³/mol. The maximum absolute atomic E-state index is 12.4. The van der Waals surface area contributed by atoms with E-state index in [1.165, 1.54) is 5.56 Å². The van der Waals surface area contributed by atoms with Gasteiger partial charge in [-0.1, -0.05) is 81.4 Å². The third-order valence-electron chi connectivity index (χ3n) is 6.33. The van der Waals surface area contributed by atoms with Crippen LogP contribution in [0.4, 0.5) is 4.79 Å². The molecule has 0 saturated carbocycles. The van der Waals surface area contributed by atoms with Crippen LogP contribution in [0.15, 0.2) is 60.1 Å². The van der Waals surface area contributed by atoms with Gasteiger partial charge in [0.2, 0.25) is 0 Å². The minimum Gasteiger partial charge on any atom is -0.445 e. The molecule has 1 saturated heterocycles. The average Bonchev–Trinajstić information content (AvgIpc) is 2.97. The van der Waals surface area contributed by atoms with Crippen molar-refractivity contribution in [3.63, 3.8) is 0 Å². The summed E-state index contributed by atoms with van der Waals surface area (Å²) in [5.41, 5.74) is 3.19. The minimum absolute atomic E-state index is 0.0842. The molecule has 2 aromatic rings. The van der Waals surface area contributed by atoms with Crippen LogP contribution < -0.4 is 5.32 Å². The van der Waals surface area contributed by atoms with Crippen LogP contribution in [0.3, 0.4) is 0 Å². The van der Waals surface area contributed by atoms with E-state index < -0.39 is 24.4 Å². The van der Waals surface area contributed by atoms with E-state index in [-0.39, 0.29) is 18.6 Å². The van der Waals surface area contributed by atoms with Crippen LogP contribution in [0.1, 0.15) is 65.2 Å². The summed E-state index contributed by atoms with van der Waals surface area (Å²) < 4.78 is 17.9. The van der Waals surface area contributed by atoms with Crippen molar-refractivity contribution in [3.05, 3.63) is 76.8 Å². The zero-order chi connectivity index (χ0) is 24.3. The lowest BCUT2D eigenvalue weighted by Gasteiger charge is -2.32. The maximum atomic E-state index is 12.4. The highest BCUT2D eigenvalue weighted by Gasteiger charge is 2.52. The largest absolute Gasteiger partial charge is 0.492 e. The molecule has 1 amide bonds. The number of carbonyl (C=O) groups is 1. The van der Waals surface area contributed by atoms with Gasteiger partial charge in [0.15, 0.2) is 0 Å². The number of rotatable bonds is 6. The molecule has 2 aromatic carbocycles. The second-order valence-electron chi connectivity index (χ2n) is 10.6. The number of amides is 1. The molecule has 0 aliphatic carbocycles. The Bertz CT molecular complexity index is 959. The monoisotopic (exact) mass is 449 g/mol. The van der Waals surface area contributed by atoms with E-state index in [1.54, 1.807) is 0 Å². The van der Waals surface area contributed by atoms with Crippen LogP contribution in [0.2, 0.25) is 0 Å². The Morgan fingerprint density at radius 2 is 1.55 bits per heavy atom. The molecule has 0 unspecified atom stereocenters. The molecule has 1 aliphatic heterocycles. The van der Waals surface area contributed by atoms with Gasteiger partial charge in [-0.05, 0) is 55.3 Å². The number of benzene rings is 2. The first kappa shape index (κ1) is 25.1. The first-order valence-electron chi connectivity index (χ1n) is 11.5. The minimum atomic E-state index is -0.563. The lowest BCUT2D eigenvalue weighted by molar-refractivity contribution is 0.00578. The van der Waals surface area contributed by atoms with Gasteiger partial charge in [-0.15, -0.1) is 0 Å².